The molecule has 2 aromatic rings. The van der Waals surface area contributed by atoms with Crippen molar-refractivity contribution in [1.82, 2.24) is 4.98 Å². The molecule has 1 atom stereocenters. The molecule has 1 aromatic heterocycles. The van der Waals surface area contributed by atoms with Crippen molar-refractivity contribution in [2.75, 3.05) is 0 Å². The lowest BCUT2D eigenvalue weighted by Crippen LogP contribution is -2.23. The quantitative estimate of drug-likeness (QED) is 0.812. The van der Waals surface area contributed by atoms with Crippen LogP contribution >= 0.6 is 0 Å². The third-order valence-corrected chi connectivity index (χ3v) is 4.03. The van der Waals surface area contributed by atoms with E-state index in [1.165, 1.54) is 10.9 Å². The van der Waals surface area contributed by atoms with Gasteiger partial charge in [0.15, 0.2) is 0 Å². The van der Waals surface area contributed by atoms with E-state index in [-0.39, 0.29) is 6.10 Å². The van der Waals surface area contributed by atoms with Crippen molar-refractivity contribution in [3.8, 4) is 0 Å². The van der Waals surface area contributed by atoms with Crippen LogP contribution in [0.25, 0.3) is 10.9 Å². The molecule has 0 fully saturated rings. The van der Waals surface area contributed by atoms with Gasteiger partial charge in [-0.3, -0.25) is 4.98 Å². The molecule has 0 spiro atoms. The summed E-state index contributed by atoms with van der Waals surface area (Å²) < 4.78 is 0. The smallest absolute Gasteiger partial charge is 0.0704 e. The fraction of sp³-hybridized carbons (Fsp3) is 0.500. The number of aliphatic hydroxyl groups is 1. The largest absolute Gasteiger partial charge is 0.392 e. The minimum absolute atomic E-state index is 0.249. The van der Waals surface area contributed by atoms with Crippen LogP contribution < -0.4 is 0 Å². The van der Waals surface area contributed by atoms with Crippen LogP contribution in [0, 0.1) is 5.92 Å². The summed E-state index contributed by atoms with van der Waals surface area (Å²) in [4.78, 5) is 4.39. The van der Waals surface area contributed by atoms with Gasteiger partial charge in [-0.15, -0.1) is 0 Å². The number of para-hydroxylation sites is 1. The van der Waals surface area contributed by atoms with Crippen LogP contribution in [-0.4, -0.2) is 16.2 Å². The maximum atomic E-state index is 10.6. The zero-order valence-corrected chi connectivity index (χ0v) is 12.5. The summed E-state index contributed by atoms with van der Waals surface area (Å²) in [6.07, 6.45) is 6.82. The van der Waals surface area contributed by atoms with E-state index < -0.39 is 0 Å². The normalized spacial score (nSPS) is 13.0. The molecule has 0 radical (unpaired) electrons. The molecule has 1 aromatic carbocycles. The minimum Gasteiger partial charge on any atom is -0.392 e. The molecule has 108 valence electrons. The van der Waals surface area contributed by atoms with Gasteiger partial charge in [-0.05, 0) is 42.9 Å². The molecule has 0 aliphatic carbocycles. The maximum Gasteiger partial charge on any atom is 0.0704 e. The summed E-state index contributed by atoms with van der Waals surface area (Å²) in [6.45, 7) is 4.38. The standard InChI is InChI=1S/C18H25NO/c1-3-7-14(8-4-2)18(20)13-15-11-12-19-17-10-6-5-9-16(15)17/h5-6,9-12,14,18,20H,3-4,7-8,13H2,1-2H3. The number of aliphatic hydroxyl groups excluding tert-OH is 1. The van der Waals surface area contributed by atoms with Crippen LogP contribution in [0.4, 0.5) is 0 Å². The first kappa shape index (κ1) is 15.0. The number of nitrogens with zero attached hydrogens (tertiary/aromatic N) is 1. The lowest BCUT2D eigenvalue weighted by Gasteiger charge is -2.22. The Morgan fingerprint density at radius 3 is 2.45 bits per heavy atom. The summed E-state index contributed by atoms with van der Waals surface area (Å²) in [5, 5.41) is 11.7. The zero-order chi connectivity index (χ0) is 14.4. The van der Waals surface area contributed by atoms with Crippen molar-refractivity contribution in [3.63, 3.8) is 0 Å². The third kappa shape index (κ3) is 3.57. The second kappa shape index (κ2) is 7.39. The molecule has 20 heavy (non-hydrogen) atoms. The number of hydrogen-bond acceptors (Lipinski definition) is 2. The van der Waals surface area contributed by atoms with Crippen molar-refractivity contribution >= 4 is 10.9 Å². The van der Waals surface area contributed by atoms with Gasteiger partial charge in [-0.2, -0.15) is 0 Å². The van der Waals surface area contributed by atoms with E-state index in [2.05, 4.69) is 24.9 Å². The van der Waals surface area contributed by atoms with Crippen molar-refractivity contribution in [3.05, 3.63) is 42.1 Å². The number of fused-ring (bicyclic) bond motifs is 1. The van der Waals surface area contributed by atoms with Gasteiger partial charge in [-0.1, -0.05) is 44.9 Å². The van der Waals surface area contributed by atoms with Gasteiger partial charge < -0.3 is 5.11 Å². The monoisotopic (exact) mass is 271 g/mol. The second-order valence-corrected chi connectivity index (χ2v) is 5.60. The topological polar surface area (TPSA) is 33.1 Å². The van der Waals surface area contributed by atoms with E-state index in [0.29, 0.717) is 5.92 Å². The summed E-state index contributed by atoms with van der Waals surface area (Å²) in [5.41, 5.74) is 2.22. The number of rotatable bonds is 7. The van der Waals surface area contributed by atoms with Crippen molar-refractivity contribution in [2.24, 2.45) is 5.92 Å². The highest BCUT2D eigenvalue weighted by Crippen LogP contribution is 2.24. The van der Waals surface area contributed by atoms with Crippen LogP contribution in [0.2, 0.25) is 0 Å². The Bertz CT molecular complexity index is 526. The number of aromatic nitrogens is 1. The SMILES string of the molecule is CCCC(CCC)C(O)Cc1ccnc2ccccc12. The molecule has 0 saturated carbocycles. The van der Waals surface area contributed by atoms with Gasteiger partial charge in [0.2, 0.25) is 0 Å². The van der Waals surface area contributed by atoms with Gasteiger partial charge in [0.25, 0.3) is 0 Å². The zero-order valence-electron chi connectivity index (χ0n) is 12.5. The molecule has 2 nitrogen and oxygen atoms in total. The molecule has 2 rings (SSSR count). The van der Waals surface area contributed by atoms with E-state index in [0.717, 1.165) is 37.6 Å². The van der Waals surface area contributed by atoms with E-state index in [4.69, 9.17) is 0 Å². The predicted octanol–water partition coefficient (Wildman–Crippen LogP) is 4.35. The molecule has 2 heteroatoms. The average Bonchev–Trinajstić information content (AvgIpc) is 2.47. The Balaban J connectivity index is 2.18. The fourth-order valence-electron chi connectivity index (χ4n) is 3.00. The Kier molecular flexibility index (Phi) is 5.54. The summed E-state index contributed by atoms with van der Waals surface area (Å²) in [7, 11) is 0. The summed E-state index contributed by atoms with van der Waals surface area (Å²) in [6, 6.07) is 10.2. The molecular weight excluding hydrogens is 246 g/mol. The van der Waals surface area contributed by atoms with Gasteiger partial charge in [0.05, 0.1) is 11.6 Å². The Morgan fingerprint density at radius 2 is 1.75 bits per heavy atom. The number of hydrogen-bond donors (Lipinski definition) is 1. The van der Waals surface area contributed by atoms with Gasteiger partial charge in [0.1, 0.15) is 0 Å². The molecule has 1 unspecified atom stereocenters. The molecule has 0 saturated heterocycles. The highest BCUT2D eigenvalue weighted by atomic mass is 16.3. The number of pyridine rings is 1. The van der Waals surface area contributed by atoms with Crippen LogP contribution in [-0.2, 0) is 6.42 Å². The molecule has 1 heterocycles. The summed E-state index contributed by atoms with van der Waals surface area (Å²) in [5.74, 6) is 0.414. The first-order chi connectivity index (χ1) is 9.76. The predicted molar refractivity (Wildman–Crippen MR) is 84.8 cm³/mol. The van der Waals surface area contributed by atoms with E-state index in [1.54, 1.807) is 0 Å². The van der Waals surface area contributed by atoms with Gasteiger partial charge in [-0.25, -0.2) is 0 Å². The maximum absolute atomic E-state index is 10.6. The van der Waals surface area contributed by atoms with E-state index in [9.17, 15) is 5.11 Å². The Labute approximate surface area is 121 Å². The lowest BCUT2D eigenvalue weighted by atomic mass is 9.88. The van der Waals surface area contributed by atoms with Crippen LogP contribution in [0.5, 0.6) is 0 Å². The van der Waals surface area contributed by atoms with Crippen LogP contribution in [0.15, 0.2) is 36.5 Å². The Morgan fingerprint density at radius 1 is 1.05 bits per heavy atom. The molecule has 1 N–H and O–H groups in total. The lowest BCUT2D eigenvalue weighted by molar-refractivity contribution is 0.0966. The van der Waals surface area contributed by atoms with Gasteiger partial charge >= 0.3 is 0 Å². The highest BCUT2D eigenvalue weighted by Gasteiger charge is 2.18. The van der Waals surface area contributed by atoms with Crippen molar-refractivity contribution < 1.29 is 5.11 Å². The van der Waals surface area contributed by atoms with E-state index >= 15 is 0 Å². The number of benzene rings is 1. The average molecular weight is 271 g/mol. The van der Waals surface area contributed by atoms with Crippen LogP contribution in [0.1, 0.15) is 45.1 Å². The van der Waals surface area contributed by atoms with Crippen molar-refractivity contribution in [1.29, 1.82) is 0 Å². The second-order valence-electron chi connectivity index (χ2n) is 5.60. The minimum atomic E-state index is -0.249. The molecular formula is C18H25NO. The first-order valence-electron chi connectivity index (χ1n) is 7.77. The molecule has 0 aliphatic heterocycles. The van der Waals surface area contributed by atoms with E-state index in [1.807, 2.05) is 30.5 Å². The first-order valence-corrected chi connectivity index (χ1v) is 7.77. The Hall–Kier alpha value is -1.41. The molecule has 0 bridgehead atoms. The fourth-order valence-corrected chi connectivity index (χ4v) is 3.00. The molecule has 0 amide bonds. The highest BCUT2D eigenvalue weighted by molar-refractivity contribution is 5.81. The molecule has 0 aliphatic rings. The third-order valence-electron chi connectivity index (χ3n) is 4.03. The summed E-state index contributed by atoms with van der Waals surface area (Å²) >= 11 is 0. The van der Waals surface area contributed by atoms with Gasteiger partial charge in [0, 0.05) is 11.6 Å². The van der Waals surface area contributed by atoms with Crippen LogP contribution in [0.3, 0.4) is 0 Å². The van der Waals surface area contributed by atoms with Crippen molar-refractivity contribution in [2.45, 2.75) is 52.1 Å².